The van der Waals surface area contributed by atoms with Crippen molar-refractivity contribution in [3.05, 3.63) is 63.9 Å². The molecule has 1 unspecified atom stereocenters. The Bertz CT molecular complexity index is 601. The molecule has 0 amide bonds. The molecule has 0 spiro atoms. The third-order valence-electron chi connectivity index (χ3n) is 3.07. The van der Waals surface area contributed by atoms with Gasteiger partial charge in [-0.2, -0.15) is 0 Å². The largest absolute Gasteiger partial charge is 0.496 e. The third kappa shape index (κ3) is 2.88. The minimum absolute atomic E-state index is 0.347. The molecule has 1 atom stereocenters. The van der Waals surface area contributed by atoms with Crippen LogP contribution in [-0.4, -0.2) is 7.11 Å². The fraction of sp³-hybridized carbons (Fsp3) is 0.200. The summed E-state index contributed by atoms with van der Waals surface area (Å²) in [7, 11) is 1.62. The van der Waals surface area contributed by atoms with Crippen LogP contribution in [0.2, 0.25) is 5.02 Å². The Kier molecular flexibility index (Phi) is 4.08. The second kappa shape index (κ2) is 5.59. The fourth-order valence-corrected chi connectivity index (χ4v) is 2.26. The number of hydrogen-bond acceptors (Lipinski definition) is 2. The molecule has 0 saturated heterocycles. The number of nitrogens with two attached hydrogens (primary N) is 1. The molecular weight excluding hydrogens is 265 g/mol. The number of rotatable bonds is 3. The average Bonchev–Trinajstić information content (AvgIpc) is 2.40. The zero-order valence-corrected chi connectivity index (χ0v) is 11.5. The number of ether oxygens (including phenoxy) is 1. The van der Waals surface area contributed by atoms with E-state index in [0.717, 1.165) is 16.9 Å². The SMILES string of the molecule is COc1ccc(C(N)c2cc(F)ccc2Cl)cc1C. The van der Waals surface area contributed by atoms with Gasteiger partial charge in [-0.3, -0.25) is 0 Å². The predicted molar refractivity (Wildman–Crippen MR) is 75.2 cm³/mol. The minimum atomic E-state index is -0.465. The summed E-state index contributed by atoms with van der Waals surface area (Å²) in [4.78, 5) is 0. The summed E-state index contributed by atoms with van der Waals surface area (Å²) in [6.45, 7) is 1.93. The number of halogens is 2. The summed E-state index contributed by atoms with van der Waals surface area (Å²) < 4.78 is 18.5. The molecule has 0 bridgehead atoms. The lowest BCUT2D eigenvalue weighted by atomic mass is 9.97. The molecule has 2 aromatic carbocycles. The van der Waals surface area contributed by atoms with Crippen molar-refractivity contribution in [1.29, 1.82) is 0 Å². The second-order valence-electron chi connectivity index (χ2n) is 4.37. The summed E-state index contributed by atoms with van der Waals surface area (Å²) in [5, 5.41) is 0.461. The van der Waals surface area contributed by atoms with Gasteiger partial charge < -0.3 is 10.5 Å². The van der Waals surface area contributed by atoms with Crippen LogP contribution in [0.15, 0.2) is 36.4 Å². The van der Waals surface area contributed by atoms with Gasteiger partial charge in [-0.15, -0.1) is 0 Å². The van der Waals surface area contributed by atoms with Crippen LogP contribution >= 0.6 is 11.6 Å². The summed E-state index contributed by atoms with van der Waals surface area (Å²) in [5.41, 5.74) is 8.57. The van der Waals surface area contributed by atoms with Crippen molar-refractivity contribution in [1.82, 2.24) is 0 Å². The summed E-state index contributed by atoms with van der Waals surface area (Å²) >= 11 is 6.07. The molecule has 0 fully saturated rings. The molecule has 0 radical (unpaired) electrons. The first-order chi connectivity index (χ1) is 9.02. The molecule has 19 heavy (non-hydrogen) atoms. The van der Waals surface area contributed by atoms with Crippen LogP contribution in [0, 0.1) is 12.7 Å². The molecule has 100 valence electrons. The van der Waals surface area contributed by atoms with E-state index in [1.807, 2.05) is 25.1 Å². The van der Waals surface area contributed by atoms with Crippen LogP contribution < -0.4 is 10.5 Å². The molecule has 0 saturated carbocycles. The number of methoxy groups -OCH3 is 1. The summed E-state index contributed by atoms with van der Waals surface area (Å²) in [6.07, 6.45) is 0. The van der Waals surface area contributed by atoms with E-state index in [4.69, 9.17) is 22.1 Å². The lowest BCUT2D eigenvalue weighted by Crippen LogP contribution is -2.13. The maximum atomic E-state index is 13.3. The van der Waals surface area contributed by atoms with Crippen LogP contribution in [0.5, 0.6) is 5.75 Å². The highest BCUT2D eigenvalue weighted by Crippen LogP contribution is 2.29. The van der Waals surface area contributed by atoms with E-state index in [9.17, 15) is 4.39 Å². The number of hydrogen-bond donors (Lipinski definition) is 1. The van der Waals surface area contributed by atoms with Gasteiger partial charge in [-0.05, 0) is 47.9 Å². The minimum Gasteiger partial charge on any atom is -0.496 e. The highest BCUT2D eigenvalue weighted by molar-refractivity contribution is 6.31. The van der Waals surface area contributed by atoms with E-state index in [-0.39, 0.29) is 5.82 Å². The molecule has 0 aliphatic heterocycles. The monoisotopic (exact) mass is 279 g/mol. The normalized spacial score (nSPS) is 12.3. The highest BCUT2D eigenvalue weighted by atomic mass is 35.5. The Morgan fingerprint density at radius 3 is 2.58 bits per heavy atom. The van der Waals surface area contributed by atoms with Crippen molar-refractivity contribution in [2.75, 3.05) is 7.11 Å². The van der Waals surface area contributed by atoms with E-state index < -0.39 is 6.04 Å². The van der Waals surface area contributed by atoms with Gasteiger partial charge in [-0.25, -0.2) is 4.39 Å². The van der Waals surface area contributed by atoms with Crippen LogP contribution in [0.1, 0.15) is 22.7 Å². The van der Waals surface area contributed by atoms with Crippen LogP contribution in [0.3, 0.4) is 0 Å². The Morgan fingerprint density at radius 2 is 1.95 bits per heavy atom. The first-order valence-electron chi connectivity index (χ1n) is 5.88. The van der Waals surface area contributed by atoms with Crippen LogP contribution in [0.25, 0.3) is 0 Å². The van der Waals surface area contributed by atoms with Crippen LogP contribution in [0.4, 0.5) is 4.39 Å². The first kappa shape index (κ1) is 13.8. The maximum absolute atomic E-state index is 13.3. The van der Waals surface area contributed by atoms with E-state index >= 15 is 0 Å². The highest BCUT2D eigenvalue weighted by Gasteiger charge is 2.14. The van der Waals surface area contributed by atoms with Gasteiger partial charge in [0, 0.05) is 5.02 Å². The van der Waals surface area contributed by atoms with Crippen molar-refractivity contribution in [2.24, 2.45) is 5.73 Å². The lowest BCUT2D eigenvalue weighted by molar-refractivity contribution is 0.411. The van der Waals surface area contributed by atoms with Crippen molar-refractivity contribution >= 4 is 11.6 Å². The van der Waals surface area contributed by atoms with E-state index in [1.165, 1.54) is 18.2 Å². The summed E-state index contributed by atoms with van der Waals surface area (Å²) in [6, 6.07) is 9.36. The fourth-order valence-electron chi connectivity index (χ4n) is 2.03. The smallest absolute Gasteiger partial charge is 0.123 e. The molecule has 4 heteroatoms. The van der Waals surface area contributed by atoms with Gasteiger partial charge in [0.05, 0.1) is 13.2 Å². The van der Waals surface area contributed by atoms with Crippen molar-refractivity contribution in [3.8, 4) is 5.75 Å². The van der Waals surface area contributed by atoms with Gasteiger partial charge >= 0.3 is 0 Å². The first-order valence-corrected chi connectivity index (χ1v) is 6.26. The van der Waals surface area contributed by atoms with Crippen molar-refractivity contribution < 1.29 is 9.13 Å². The van der Waals surface area contributed by atoms with Crippen LogP contribution in [-0.2, 0) is 0 Å². The molecule has 0 heterocycles. The molecule has 0 aromatic heterocycles. The molecule has 2 nitrogen and oxygen atoms in total. The standard InChI is InChI=1S/C15H15ClFNO/c1-9-7-10(3-6-14(9)19-2)15(18)12-8-11(17)4-5-13(12)16/h3-8,15H,18H2,1-2H3. The van der Waals surface area contributed by atoms with Gasteiger partial charge in [0.2, 0.25) is 0 Å². The van der Waals surface area contributed by atoms with Gasteiger partial charge in [0.15, 0.2) is 0 Å². The number of benzene rings is 2. The Hall–Kier alpha value is -1.58. The van der Waals surface area contributed by atoms with Crippen molar-refractivity contribution in [3.63, 3.8) is 0 Å². The molecule has 2 N–H and O–H groups in total. The van der Waals surface area contributed by atoms with Gasteiger partial charge in [0.1, 0.15) is 11.6 Å². The molecule has 2 aromatic rings. The van der Waals surface area contributed by atoms with Crippen molar-refractivity contribution in [2.45, 2.75) is 13.0 Å². The van der Waals surface area contributed by atoms with E-state index in [2.05, 4.69) is 0 Å². The molecule has 0 aliphatic carbocycles. The molecule has 0 aliphatic rings. The predicted octanol–water partition coefficient (Wildman–Crippen LogP) is 3.84. The quantitative estimate of drug-likeness (QED) is 0.926. The average molecular weight is 280 g/mol. The molecule has 2 rings (SSSR count). The Labute approximate surface area is 117 Å². The third-order valence-corrected chi connectivity index (χ3v) is 3.42. The Balaban J connectivity index is 2.41. The number of aryl methyl sites for hydroxylation is 1. The van der Waals surface area contributed by atoms with Gasteiger partial charge in [-0.1, -0.05) is 23.7 Å². The van der Waals surface area contributed by atoms with E-state index in [0.29, 0.717) is 10.6 Å². The topological polar surface area (TPSA) is 35.2 Å². The lowest BCUT2D eigenvalue weighted by Gasteiger charge is -2.16. The zero-order chi connectivity index (χ0) is 14.0. The second-order valence-corrected chi connectivity index (χ2v) is 4.78. The Morgan fingerprint density at radius 1 is 1.21 bits per heavy atom. The van der Waals surface area contributed by atoms with Gasteiger partial charge in [0.25, 0.3) is 0 Å². The maximum Gasteiger partial charge on any atom is 0.123 e. The summed E-state index contributed by atoms with van der Waals surface area (Å²) in [5.74, 6) is 0.446. The zero-order valence-electron chi connectivity index (χ0n) is 10.8. The van der Waals surface area contributed by atoms with E-state index in [1.54, 1.807) is 7.11 Å². The molecular formula is C15H15ClFNO.